The van der Waals surface area contributed by atoms with Crippen molar-refractivity contribution in [1.29, 1.82) is 0 Å². The van der Waals surface area contributed by atoms with E-state index in [0.717, 1.165) is 9.99 Å². The second-order valence-corrected chi connectivity index (χ2v) is 5.90. The molecule has 0 saturated heterocycles. The Morgan fingerprint density at radius 2 is 1.76 bits per heavy atom. The van der Waals surface area contributed by atoms with Crippen LogP contribution in [-0.2, 0) is 11.3 Å². The summed E-state index contributed by atoms with van der Waals surface area (Å²) >= 11 is 2.22. The van der Waals surface area contributed by atoms with E-state index in [4.69, 9.17) is 4.74 Å². The number of amides is 1. The van der Waals surface area contributed by atoms with Gasteiger partial charge in [-0.05, 0) is 58.8 Å². The maximum absolute atomic E-state index is 11.9. The zero-order valence-electron chi connectivity index (χ0n) is 11.7. The molecule has 0 bridgehead atoms. The van der Waals surface area contributed by atoms with Gasteiger partial charge < -0.3 is 10.1 Å². The molecule has 4 heteroatoms. The number of halogens is 1. The SMILES string of the molecule is O=C(NCCCOCc1ccccc1)c1ccc(I)cc1. The van der Waals surface area contributed by atoms with E-state index in [1.54, 1.807) is 0 Å². The van der Waals surface area contributed by atoms with Gasteiger partial charge in [-0.25, -0.2) is 0 Å². The molecule has 0 radical (unpaired) electrons. The van der Waals surface area contributed by atoms with Crippen molar-refractivity contribution in [1.82, 2.24) is 5.32 Å². The van der Waals surface area contributed by atoms with Gasteiger partial charge in [0.2, 0.25) is 0 Å². The Morgan fingerprint density at radius 3 is 2.48 bits per heavy atom. The molecule has 0 fully saturated rings. The summed E-state index contributed by atoms with van der Waals surface area (Å²) in [5, 5.41) is 2.90. The number of carbonyl (C=O) groups is 1. The van der Waals surface area contributed by atoms with Crippen molar-refractivity contribution in [3.05, 3.63) is 69.3 Å². The Labute approximate surface area is 138 Å². The van der Waals surface area contributed by atoms with Gasteiger partial charge in [0.05, 0.1) is 6.61 Å². The van der Waals surface area contributed by atoms with Crippen LogP contribution in [0, 0.1) is 3.57 Å². The van der Waals surface area contributed by atoms with Crippen LogP contribution >= 0.6 is 22.6 Å². The smallest absolute Gasteiger partial charge is 0.251 e. The summed E-state index contributed by atoms with van der Waals surface area (Å²) in [6.07, 6.45) is 0.808. The summed E-state index contributed by atoms with van der Waals surface area (Å²) in [4.78, 5) is 11.9. The van der Waals surface area contributed by atoms with E-state index in [1.807, 2.05) is 54.6 Å². The van der Waals surface area contributed by atoms with Crippen LogP contribution in [0.15, 0.2) is 54.6 Å². The molecule has 0 spiro atoms. The largest absolute Gasteiger partial charge is 0.377 e. The van der Waals surface area contributed by atoms with Crippen molar-refractivity contribution in [3.63, 3.8) is 0 Å². The van der Waals surface area contributed by atoms with Crippen molar-refractivity contribution in [2.45, 2.75) is 13.0 Å². The van der Waals surface area contributed by atoms with Gasteiger partial charge in [0.15, 0.2) is 0 Å². The lowest BCUT2D eigenvalue weighted by Crippen LogP contribution is -2.25. The third-order valence-electron chi connectivity index (χ3n) is 2.97. The minimum Gasteiger partial charge on any atom is -0.377 e. The lowest BCUT2D eigenvalue weighted by Gasteiger charge is -2.06. The van der Waals surface area contributed by atoms with E-state index in [2.05, 4.69) is 27.9 Å². The van der Waals surface area contributed by atoms with Crippen LogP contribution in [-0.4, -0.2) is 19.1 Å². The number of ether oxygens (including phenoxy) is 1. The van der Waals surface area contributed by atoms with E-state index in [-0.39, 0.29) is 5.91 Å². The Hall–Kier alpha value is -1.40. The van der Waals surface area contributed by atoms with Gasteiger partial charge in [-0.2, -0.15) is 0 Å². The van der Waals surface area contributed by atoms with E-state index in [1.165, 1.54) is 5.56 Å². The number of hydrogen-bond donors (Lipinski definition) is 1. The summed E-state index contributed by atoms with van der Waals surface area (Å²) in [6.45, 7) is 1.88. The van der Waals surface area contributed by atoms with Crippen molar-refractivity contribution in [2.75, 3.05) is 13.2 Å². The second-order valence-electron chi connectivity index (χ2n) is 4.65. The molecule has 2 aromatic rings. The maximum atomic E-state index is 11.9. The number of hydrogen-bond acceptors (Lipinski definition) is 2. The lowest BCUT2D eigenvalue weighted by atomic mass is 10.2. The van der Waals surface area contributed by atoms with Crippen molar-refractivity contribution in [3.8, 4) is 0 Å². The molecule has 1 N–H and O–H groups in total. The highest BCUT2D eigenvalue weighted by atomic mass is 127. The highest BCUT2D eigenvalue weighted by Gasteiger charge is 2.03. The predicted molar refractivity (Wildman–Crippen MR) is 92.2 cm³/mol. The monoisotopic (exact) mass is 395 g/mol. The molecule has 0 aliphatic rings. The number of carbonyl (C=O) groups excluding carboxylic acids is 1. The second kappa shape index (κ2) is 8.79. The number of nitrogens with one attached hydrogen (secondary N) is 1. The van der Waals surface area contributed by atoms with Crippen molar-refractivity contribution in [2.24, 2.45) is 0 Å². The topological polar surface area (TPSA) is 38.3 Å². The molecule has 0 aliphatic heterocycles. The van der Waals surface area contributed by atoms with Gasteiger partial charge in [-0.15, -0.1) is 0 Å². The minimum absolute atomic E-state index is 0.0329. The van der Waals surface area contributed by atoms with Crippen molar-refractivity contribution < 1.29 is 9.53 Å². The van der Waals surface area contributed by atoms with E-state index >= 15 is 0 Å². The highest BCUT2D eigenvalue weighted by Crippen LogP contribution is 2.06. The molecule has 3 nitrogen and oxygen atoms in total. The first-order valence-corrected chi connectivity index (χ1v) is 7.99. The first kappa shape index (κ1) is 16.0. The average Bonchev–Trinajstić information content (AvgIpc) is 2.52. The molecular formula is C17H18INO2. The zero-order valence-corrected chi connectivity index (χ0v) is 13.9. The molecule has 0 unspecified atom stereocenters. The zero-order chi connectivity index (χ0) is 14.9. The van der Waals surface area contributed by atoms with Crippen LogP contribution in [0.25, 0.3) is 0 Å². The van der Waals surface area contributed by atoms with Gasteiger partial charge in [-0.1, -0.05) is 30.3 Å². The predicted octanol–water partition coefficient (Wildman–Crippen LogP) is 3.63. The standard InChI is InChI=1S/C17H18INO2/c18-16-9-7-15(8-10-16)17(20)19-11-4-12-21-13-14-5-2-1-3-6-14/h1-3,5-10H,4,11-13H2,(H,19,20). The molecule has 2 rings (SSSR count). The van der Waals surface area contributed by atoms with Crippen LogP contribution in [0.4, 0.5) is 0 Å². The maximum Gasteiger partial charge on any atom is 0.251 e. The third kappa shape index (κ3) is 5.85. The Kier molecular flexibility index (Phi) is 6.69. The molecule has 1 amide bonds. The highest BCUT2D eigenvalue weighted by molar-refractivity contribution is 14.1. The van der Waals surface area contributed by atoms with Crippen LogP contribution in [0.2, 0.25) is 0 Å². The van der Waals surface area contributed by atoms with Gasteiger partial charge in [0, 0.05) is 22.3 Å². The minimum atomic E-state index is -0.0329. The quantitative estimate of drug-likeness (QED) is 0.575. The van der Waals surface area contributed by atoms with Gasteiger partial charge >= 0.3 is 0 Å². The van der Waals surface area contributed by atoms with Crippen LogP contribution in [0.3, 0.4) is 0 Å². The average molecular weight is 395 g/mol. The number of rotatable bonds is 7. The van der Waals surface area contributed by atoms with E-state index < -0.39 is 0 Å². The molecule has 21 heavy (non-hydrogen) atoms. The molecule has 0 aromatic heterocycles. The Morgan fingerprint density at radius 1 is 1.05 bits per heavy atom. The first-order valence-electron chi connectivity index (χ1n) is 6.91. The van der Waals surface area contributed by atoms with E-state index in [0.29, 0.717) is 25.3 Å². The van der Waals surface area contributed by atoms with Crippen molar-refractivity contribution >= 4 is 28.5 Å². The molecule has 0 atom stereocenters. The molecule has 0 heterocycles. The van der Waals surface area contributed by atoms with Gasteiger partial charge in [0.25, 0.3) is 5.91 Å². The molecule has 2 aromatic carbocycles. The van der Waals surface area contributed by atoms with Gasteiger partial charge in [-0.3, -0.25) is 4.79 Å². The molecular weight excluding hydrogens is 377 g/mol. The summed E-state index contributed by atoms with van der Waals surface area (Å²) < 4.78 is 6.69. The fourth-order valence-electron chi connectivity index (χ4n) is 1.84. The Balaban J connectivity index is 1.59. The first-order chi connectivity index (χ1) is 10.3. The summed E-state index contributed by atoms with van der Waals surface area (Å²) in [5.41, 5.74) is 1.86. The number of benzene rings is 2. The van der Waals surface area contributed by atoms with Crippen LogP contribution in [0.1, 0.15) is 22.3 Å². The molecule has 110 valence electrons. The molecule has 0 aliphatic carbocycles. The normalized spacial score (nSPS) is 10.3. The fourth-order valence-corrected chi connectivity index (χ4v) is 2.20. The summed E-state index contributed by atoms with van der Waals surface area (Å²) in [7, 11) is 0. The molecule has 0 saturated carbocycles. The third-order valence-corrected chi connectivity index (χ3v) is 3.69. The van der Waals surface area contributed by atoms with Crippen LogP contribution < -0.4 is 5.32 Å². The van der Waals surface area contributed by atoms with Crippen LogP contribution in [0.5, 0.6) is 0 Å². The lowest BCUT2D eigenvalue weighted by molar-refractivity contribution is 0.0934. The summed E-state index contributed by atoms with van der Waals surface area (Å²) in [6, 6.07) is 17.6. The van der Waals surface area contributed by atoms with Gasteiger partial charge in [0.1, 0.15) is 0 Å². The summed E-state index contributed by atoms with van der Waals surface area (Å²) in [5.74, 6) is -0.0329. The van der Waals surface area contributed by atoms with E-state index in [9.17, 15) is 4.79 Å². The Bertz CT molecular complexity index is 555. The fraction of sp³-hybridized carbons (Fsp3) is 0.235.